The first-order valence-electron chi connectivity index (χ1n) is 5.94. The SMILES string of the molecule is Cn1c(=O)sc2cc(S(=O)(=O)NC(=O)c3cncs3)ccc21. The summed E-state index contributed by atoms with van der Waals surface area (Å²) in [5, 5.41) is 0. The fraction of sp³-hybridized carbons (Fsp3) is 0.0833. The fourth-order valence-electron chi connectivity index (χ4n) is 1.84. The second-order valence-corrected chi connectivity index (χ2v) is 7.92. The molecule has 2 heterocycles. The number of sulfonamides is 1. The van der Waals surface area contributed by atoms with Crippen molar-refractivity contribution >= 4 is 48.8 Å². The average molecular weight is 355 g/mol. The number of thiazole rings is 2. The first kappa shape index (κ1) is 14.9. The summed E-state index contributed by atoms with van der Waals surface area (Å²) in [7, 11) is -2.39. The fourth-order valence-corrected chi connectivity index (χ4v) is 4.41. The number of carbonyl (C=O) groups excluding carboxylic acids is 1. The summed E-state index contributed by atoms with van der Waals surface area (Å²) in [6.07, 6.45) is 1.29. The van der Waals surface area contributed by atoms with Crippen molar-refractivity contribution in [3.8, 4) is 0 Å². The number of rotatable bonds is 3. The van der Waals surface area contributed by atoms with Crippen LogP contribution in [-0.2, 0) is 17.1 Å². The zero-order valence-corrected chi connectivity index (χ0v) is 13.6. The van der Waals surface area contributed by atoms with Crippen LogP contribution < -0.4 is 9.60 Å². The molecule has 0 bridgehead atoms. The number of fused-ring (bicyclic) bond motifs is 1. The lowest BCUT2D eigenvalue weighted by Gasteiger charge is -2.05. The van der Waals surface area contributed by atoms with Gasteiger partial charge in [-0.2, -0.15) is 0 Å². The zero-order chi connectivity index (χ0) is 15.9. The van der Waals surface area contributed by atoms with Crippen LogP contribution in [0.3, 0.4) is 0 Å². The van der Waals surface area contributed by atoms with Gasteiger partial charge in [0.15, 0.2) is 0 Å². The maximum Gasteiger partial charge on any atom is 0.307 e. The molecular weight excluding hydrogens is 346 g/mol. The van der Waals surface area contributed by atoms with E-state index in [9.17, 15) is 18.0 Å². The zero-order valence-electron chi connectivity index (χ0n) is 11.1. The van der Waals surface area contributed by atoms with Crippen LogP contribution in [0.1, 0.15) is 9.67 Å². The minimum absolute atomic E-state index is 0.0697. The van der Waals surface area contributed by atoms with Crippen molar-refractivity contribution in [2.24, 2.45) is 7.05 Å². The van der Waals surface area contributed by atoms with Crippen molar-refractivity contribution in [2.45, 2.75) is 4.90 Å². The first-order chi connectivity index (χ1) is 10.4. The lowest BCUT2D eigenvalue weighted by Crippen LogP contribution is -2.29. The molecule has 114 valence electrons. The summed E-state index contributed by atoms with van der Waals surface area (Å²) < 4.78 is 28.5. The van der Waals surface area contributed by atoms with Crippen LogP contribution in [0.15, 0.2) is 39.6 Å². The van der Waals surface area contributed by atoms with Gasteiger partial charge in [-0.1, -0.05) is 11.3 Å². The van der Waals surface area contributed by atoms with Crippen LogP contribution >= 0.6 is 22.7 Å². The van der Waals surface area contributed by atoms with Gasteiger partial charge < -0.3 is 4.57 Å². The lowest BCUT2D eigenvalue weighted by molar-refractivity contribution is 0.0985. The summed E-state index contributed by atoms with van der Waals surface area (Å²) >= 11 is 1.99. The molecule has 1 aromatic carbocycles. The van der Waals surface area contributed by atoms with Gasteiger partial charge in [-0.3, -0.25) is 14.6 Å². The van der Waals surface area contributed by atoms with E-state index in [2.05, 4.69) is 4.98 Å². The van der Waals surface area contributed by atoms with E-state index in [4.69, 9.17) is 0 Å². The molecule has 0 radical (unpaired) electrons. The van der Waals surface area contributed by atoms with E-state index in [0.29, 0.717) is 10.2 Å². The topological polar surface area (TPSA) is 98.1 Å². The number of carbonyl (C=O) groups is 1. The van der Waals surface area contributed by atoms with Crippen molar-refractivity contribution < 1.29 is 13.2 Å². The molecule has 1 amide bonds. The standard InChI is InChI=1S/C12H9N3O4S3/c1-15-8-3-2-7(4-9(8)21-12(15)17)22(18,19)14-11(16)10-5-13-6-20-10/h2-6H,1H3,(H,14,16). The van der Waals surface area contributed by atoms with Crippen molar-refractivity contribution in [1.82, 2.24) is 14.3 Å². The van der Waals surface area contributed by atoms with E-state index in [0.717, 1.165) is 22.7 Å². The Hall–Kier alpha value is -2.04. The number of hydrogen-bond donors (Lipinski definition) is 1. The van der Waals surface area contributed by atoms with E-state index in [1.165, 1.54) is 28.4 Å². The van der Waals surface area contributed by atoms with E-state index in [1.54, 1.807) is 13.1 Å². The number of hydrogen-bond acceptors (Lipinski definition) is 7. The molecule has 1 N–H and O–H groups in total. The van der Waals surface area contributed by atoms with Gasteiger partial charge in [0.1, 0.15) is 4.88 Å². The maximum atomic E-state index is 12.2. The molecule has 10 heteroatoms. The van der Waals surface area contributed by atoms with Gasteiger partial charge in [-0.05, 0) is 18.2 Å². The Kier molecular flexibility index (Phi) is 3.59. The Bertz CT molecular complexity index is 1020. The number of nitrogens with one attached hydrogen (secondary N) is 1. The molecule has 2 aromatic heterocycles. The molecule has 0 aliphatic rings. The smallest absolute Gasteiger partial charge is 0.302 e. The van der Waals surface area contributed by atoms with Gasteiger partial charge in [-0.25, -0.2) is 13.1 Å². The van der Waals surface area contributed by atoms with Gasteiger partial charge in [0.05, 0.1) is 26.8 Å². The second-order valence-electron chi connectivity index (χ2n) is 4.36. The largest absolute Gasteiger partial charge is 0.307 e. The monoisotopic (exact) mass is 355 g/mol. The average Bonchev–Trinajstić information content (AvgIpc) is 3.08. The van der Waals surface area contributed by atoms with Crippen LogP contribution in [0.4, 0.5) is 0 Å². The van der Waals surface area contributed by atoms with Crippen LogP contribution in [-0.4, -0.2) is 23.9 Å². The highest BCUT2D eigenvalue weighted by molar-refractivity contribution is 7.90. The number of aromatic nitrogens is 2. The summed E-state index contributed by atoms with van der Waals surface area (Å²) in [6, 6.07) is 4.28. The summed E-state index contributed by atoms with van der Waals surface area (Å²) in [5.74, 6) is -0.733. The summed E-state index contributed by atoms with van der Waals surface area (Å²) in [5.41, 5.74) is 2.08. The highest BCUT2D eigenvalue weighted by Crippen LogP contribution is 2.21. The van der Waals surface area contributed by atoms with Gasteiger partial charge in [0.2, 0.25) is 0 Å². The van der Waals surface area contributed by atoms with E-state index in [-0.39, 0.29) is 14.6 Å². The normalized spacial score (nSPS) is 11.7. The Morgan fingerprint density at radius 2 is 2.14 bits per heavy atom. The third-order valence-electron chi connectivity index (χ3n) is 2.96. The summed E-state index contributed by atoms with van der Waals surface area (Å²) in [4.78, 5) is 27.1. The van der Waals surface area contributed by atoms with Crippen LogP contribution in [0, 0.1) is 0 Å². The minimum atomic E-state index is -4.01. The van der Waals surface area contributed by atoms with Gasteiger partial charge in [0, 0.05) is 7.05 Å². The third-order valence-corrected chi connectivity index (χ3v) is 6.05. The molecule has 3 rings (SSSR count). The van der Waals surface area contributed by atoms with Crippen molar-refractivity contribution in [3.05, 3.63) is 44.5 Å². The molecule has 0 saturated heterocycles. The van der Waals surface area contributed by atoms with Gasteiger partial charge >= 0.3 is 4.87 Å². The molecule has 0 aliphatic heterocycles. The molecule has 0 unspecified atom stereocenters. The molecule has 0 aliphatic carbocycles. The molecule has 0 spiro atoms. The highest BCUT2D eigenvalue weighted by Gasteiger charge is 2.20. The molecule has 22 heavy (non-hydrogen) atoms. The summed E-state index contributed by atoms with van der Waals surface area (Å²) in [6.45, 7) is 0. The van der Waals surface area contributed by atoms with Gasteiger partial charge in [0.25, 0.3) is 15.9 Å². The van der Waals surface area contributed by atoms with Crippen molar-refractivity contribution in [2.75, 3.05) is 0 Å². The minimum Gasteiger partial charge on any atom is -0.302 e. The Morgan fingerprint density at radius 1 is 1.36 bits per heavy atom. The molecule has 0 atom stereocenters. The maximum absolute atomic E-state index is 12.2. The number of nitrogens with zero attached hydrogens (tertiary/aromatic N) is 2. The Balaban J connectivity index is 1.98. The predicted molar refractivity (Wildman–Crippen MR) is 83.8 cm³/mol. The van der Waals surface area contributed by atoms with Crippen LogP contribution in [0.25, 0.3) is 10.2 Å². The predicted octanol–water partition coefficient (Wildman–Crippen LogP) is 1.18. The quantitative estimate of drug-likeness (QED) is 0.761. The van der Waals surface area contributed by atoms with Crippen molar-refractivity contribution in [1.29, 1.82) is 0 Å². The van der Waals surface area contributed by atoms with E-state index in [1.807, 2.05) is 4.72 Å². The molecular formula is C12H9N3O4S3. The van der Waals surface area contributed by atoms with Crippen LogP contribution in [0.2, 0.25) is 0 Å². The third kappa shape index (κ3) is 2.56. The molecule has 0 fully saturated rings. The Morgan fingerprint density at radius 3 is 2.82 bits per heavy atom. The van der Waals surface area contributed by atoms with Gasteiger partial charge in [-0.15, -0.1) is 11.3 Å². The first-order valence-corrected chi connectivity index (χ1v) is 9.11. The highest BCUT2D eigenvalue weighted by atomic mass is 32.2. The second kappa shape index (κ2) is 5.30. The number of benzene rings is 1. The van der Waals surface area contributed by atoms with E-state index >= 15 is 0 Å². The number of amides is 1. The lowest BCUT2D eigenvalue weighted by atomic mass is 10.3. The number of aryl methyl sites for hydroxylation is 1. The molecule has 0 saturated carbocycles. The molecule has 3 aromatic rings. The molecule has 7 nitrogen and oxygen atoms in total. The van der Waals surface area contributed by atoms with E-state index < -0.39 is 15.9 Å². The van der Waals surface area contributed by atoms with Crippen LogP contribution in [0.5, 0.6) is 0 Å². The van der Waals surface area contributed by atoms with Crippen molar-refractivity contribution in [3.63, 3.8) is 0 Å². The Labute approximate surface area is 132 Å².